The Bertz CT molecular complexity index is 929. The average molecular weight is 381 g/mol. The first kappa shape index (κ1) is 19.1. The first-order valence-corrected chi connectivity index (χ1v) is 9.24. The van der Waals surface area contributed by atoms with E-state index < -0.39 is 6.29 Å². The molecule has 1 aliphatic rings. The summed E-state index contributed by atoms with van der Waals surface area (Å²) in [4.78, 5) is 4.08. The Morgan fingerprint density at radius 1 is 1.11 bits per heavy atom. The van der Waals surface area contributed by atoms with Gasteiger partial charge >= 0.3 is 0 Å². The van der Waals surface area contributed by atoms with Gasteiger partial charge in [0.1, 0.15) is 24.3 Å². The number of rotatable bonds is 6. The van der Waals surface area contributed by atoms with Crippen LogP contribution in [0.3, 0.4) is 0 Å². The van der Waals surface area contributed by atoms with Crippen LogP contribution < -0.4 is 9.64 Å². The molecule has 6 nitrogen and oxygen atoms in total. The third-order valence-electron chi connectivity index (χ3n) is 4.30. The molecular weight excluding hydrogens is 362 g/mol. The molecule has 0 atom stereocenters. The number of hydrogen-bond acceptors (Lipinski definition) is 7. The van der Waals surface area contributed by atoms with Gasteiger partial charge in [0.05, 0.1) is 16.9 Å². The van der Waals surface area contributed by atoms with Gasteiger partial charge in [-0.05, 0) is 25.1 Å². The van der Waals surface area contributed by atoms with E-state index in [9.17, 15) is 10.5 Å². The molecule has 1 aliphatic heterocycles. The Balaban J connectivity index is 2.18. The fraction of sp³-hybridized carbons (Fsp3) is 0.300. The second-order valence-corrected chi connectivity index (χ2v) is 6.81. The van der Waals surface area contributed by atoms with Gasteiger partial charge in [-0.15, -0.1) is 0 Å². The van der Waals surface area contributed by atoms with E-state index in [0.717, 1.165) is 21.2 Å². The highest BCUT2D eigenvalue weighted by Crippen LogP contribution is 2.53. The van der Waals surface area contributed by atoms with Crippen LogP contribution in [0, 0.1) is 22.7 Å². The highest BCUT2D eigenvalue weighted by Gasteiger charge is 2.30. The lowest BCUT2D eigenvalue weighted by Gasteiger charge is -2.34. The first-order valence-electron chi connectivity index (χ1n) is 8.42. The third-order valence-corrected chi connectivity index (χ3v) is 5.40. The van der Waals surface area contributed by atoms with Gasteiger partial charge in [-0.2, -0.15) is 10.5 Å². The van der Waals surface area contributed by atoms with Crippen LogP contribution >= 0.6 is 11.8 Å². The minimum Gasteiger partial charge on any atom is -0.485 e. The van der Waals surface area contributed by atoms with Crippen molar-refractivity contribution < 1.29 is 14.2 Å². The molecule has 0 bridgehead atoms. The fourth-order valence-electron chi connectivity index (χ4n) is 3.01. The van der Waals surface area contributed by atoms with Crippen molar-refractivity contribution in [2.45, 2.75) is 23.0 Å². The predicted octanol–water partition coefficient (Wildman–Crippen LogP) is 4.05. The lowest BCUT2D eigenvalue weighted by molar-refractivity contribution is -0.121. The molecule has 0 unspecified atom stereocenters. The molecule has 0 N–H and O–H groups in total. The molecule has 0 aromatic heterocycles. The number of anilines is 2. The van der Waals surface area contributed by atoms with Gasteiger partial charge in [-0.3, -0.25) is 0 Å². The molecule has 1 heterocycles. The van der Waals surface area contributed by atoms with Gasteiger partial charge in [-0.1, -0.05) is 23.9 Å². The molecule has 2 aromatic rings. The van der Waals surface area contributed by atoms with Gasteiger partial charge in [0.2, 0.25) is 0 Å². The van der Waals surface area contributed by atoms with E-state index in [1.807, 2.05) is 31.2 Å². The van der Waals surface area contributed by atoms with Crippen LogP contribution in [-0.2, 0) is 9.47 Å². The highest BCUT2D eigenvalue weighted by molar-refractivity contribution is 7.99. The summed E-state index contributed by atoms with van der Waals surface area (Å²) in [5.41, 5.74) is 2.36. The van der Waals surface area contributed by atoms with Gasteiger partial charge in [0.15, 0.2) is 12.0 Å². The number of methoxy groups -OCH3 is 2. The van der Waals surface area contributed by atoms with Crippen LogP contribution in [0.4, 0.5) is 11.4 Å². The van der Waals surface area contributed by atoms with Crippen molar-refractivity contribution in [2.24, 2.45) is 0 Å². The molecule has 0 fully saturated rings. The molecule has 0 spiro atoms. The lowest BCUT2D eigenvalue weighted by Crippen LogP contribution is -2.25. The van der Waals surface area contributed by atoms with E-state index in [4.69, 9.17) is 14.2 Å². The number of benzene rings is 2. The van der Waals surface area contributed by atoms with Crippen molar-refractivity contribution >= 4 is 23.1 Å². The minimum absolute atomic E-state index is 0.104. The SMILES string of the molecule is CCN1c2ccccc2Sc2cc(C#N)c(C#N)c(OCC(OC)OC)c21. The van der Waals surface area contributed by atoms with Gasteiger partial charge in [0, 0.05) is 30.6 Å². The van der Waals surface area contributed by atoms with Crippen LogP contribution in [0.1, 0.15) is 18.1 Å². The number of nitriles is 2. The monoisotopic (exact) mass is 381 g/mol. The number of ether oxygens (including phenoxy) is 3. The normalized spacial score (nSPS) is 12.1. The van der Waals surface area contributed by atoms with Gasteiger partial charge in [-0.25, -0.2) is 0 Å². The molecular formula is C20H19N3O3S. The van der Waals surface area contributed by atoms with E-state index in [2.05, 4.69) is 17.0 Å². The Hall–Kier alpha value is -2.71. The predicted molar refractivity (Wildman–Crippen MR) is 102 cm³/mol. The van der Waals surface area contributed by atoms with Crippen LogP contribution in [0.2, 0.25) is 0 Å². The quantitative estimate of drug-likeness (QED) is 0.698. The number of para-hydroxylation sites is 1. The van der Waals surface area contributed by atoms with Crippen molar-refractivity contribution in [3.63, 3.8) is 0 Å². The van der Waals surface area contributed by atoms with Crippen molar-refractivity contribution in [2.75, 3.05) is 32.3 Å². The second-order valence-electron chi connectivity index (χ2n) is 5.72. The van der Waals surface area contributed by atoms with E-state index in [-0.39, 0.29) is 12.2 Å². The fourth-order valence-corrected chi connectivity index (χ4v) is 4.16. The third kappa shape index (κ3) is 3.45. The summed E-state index contributed by atoms with van der Waals surface area (Å²) in [7, 11) is 3.04. The molecule has 3 rings (SSSR count). The standard InChI is InChI=1S/C20H19N3O3S/c1-4-23-15-7-5-6-8-16(15)27-17-9-13(10-21)14(11-22)20(19(17)23)26-12-18(24-2)25-3/h5-9,18H,4,12H2,1-3H3. The minimum atomic E-state index is -0.573. The van der Waals surface area contributed by atoms with Crippen LogP contribution in [-0.4, -0.2) is 33.7 Å². The second kappa shape index (κ2) is 8.32. The summed E-state index contributed by atoms with van der Waals surface area (Å²) in [5.74, 6) is 0.384. The summed E-state index contributed by atoms with van der Waals surface area (Å²) in [6.07, 6.45) is -0.573. The highest BCUT2D eigenvalue weighted by atomic mass is 32.2. The average Bonchev–Trinajstić information content (AvgIpc) is 2.71. The Kier molecular flexibility index (Phi) is 5.88. The molecule has 0 saturated carbocycles. The zero-order valence-corrected chi connectivity index (χ0v) is 16.2. The number of nitrogens with zero attached hydrogens (tertiary/aromatic N) is 3. The van der Waals surface area contributed by atoms with Crippen LogP contribution in [0.25, 0.3) is 0 Å². The summed E-state index contributed by atoms with van der Waals surface area (Å²) in [5, 5.41) is 19.2. The molecule has 0 radical (unpaired) electrons. The Labute approximate surface area is 162 Å². The van der Waals surface area contributed by atoms with Crippen molar-refractivity contribution in [3.8, 4) is 17.9 Å². The van der Waals surface area contributed by atoms with E-state index in [0.29, 0.717) is 17.9 Å². The van der Waals surface area contributed by atoms with Crippen molar-refractivity contribution in [1.29, 1.82) is 10.5 Å². The molecule has 7 heteroatoms. The number of fused-ring (bicyclic) bond motifs is 2. The van der Waals surface area contributed by atoms with Gasteiger partial charge in [0.25, 0.3) is 0 Å². The van der Waals surface area contributed by atoms with E-state index in [1.165, 1.54) is 14.2 Å². The maximum Gasteiger partial charge on any atom is 0.191 e. The Morgan fingerprint density at radius 2 is 1.85 bits per heavy atom. The molecule has 2 aromatic carbocycles. The molecule has 0 saturated heterocycles. The molecule has 0 aliphatic carbocycles. The largest absolute Gasteiger partial charge is 0.485 e. The molecule has 138 valence electrons. The van der Waals surface area contributed by atoms with E-state index in [1.54, 1.807) is 17.8 Å². The topological polar surface area (TPSA) is 78.5 Å². The smallest absolute Gasteiger partial charge is 0.191 e. The maximum absolute atomic E-state index is 9.70. The van der Waals surface area contributed by atoms with E-state index >= 15 is 0 Å². The van der Waals surface area contributed by atoms with Crippen molar-refractivity contribution in [3.05, 3.63) is 41.5 Å². The summed E-state index contributed by atoms with van der Waals surface area (Å²) < 4.78 is 16.4. The first-order chi connectivity index (χ1) is 13.2. The molecule has 0 amide bonds. The lowest BCUT2D eigenvalue weighted by atomic mass is 10.1. The maximum atomic E-state index is 9.70. The van der Waals surface area contributed by atoms with Gasteiger partial charge < -0.3 is 19.1 Å². The zero-order valence-electron chi connectivity index (χ0n) is 15.4. The number of hydrogen-bond donors (Lipinski definition) is 0. The summed E-state index contributed by atoms with van der Waals surface area (Å²) >= 11 is 1.57. The summed E-state index contributed by atoms with van der Waals surface area (Å²) in [6, 6.07) is 14.0. The summed E-state index contributed by atoms with van der Waals surface area (Å²) in [6.45, 7) is 2.83. The van der Waals surface area contributed by atoms with Crippen LogP contribution in [0.5, 0.6) is 5.75 Å². The molecule has 27 heavy (non-hydrogen) atoms. The van der Waals surface area contributed by atoms with Crippen LogP contribution in [0.15, 0.2) is 40.1 Å². The van der Waals surface area contributed by atoms with Crippen molar-refractivity contribution in [1.82, 2.24) is 0 Å². The Morgan fingerprint density at radius 3 is 2.48 bits per heavy atom. The zero-order chi connectivity index (χ0) is 19.4.